The monoisotopic (exact) mass is 256 g/mol. The Labute approximate surface area is 116 Å². The van der Waals surface area contributed by atoms with Crippen molar-refractivity contribution in [2.75, 3.05) is 11.9 Å². The molecule has 1 aliphatic rings. The molecule has 1 aliphatic carbocycles. The average molecular weight is 256 g/mol. The van der Waals surface area contributed by atoms with Crippen molar-refractivity contribution in [3.63, 3.8) is 0 Å². The molecule has 0 aliphatic heterocycles. The Bertz CT molecular complexity index is 433. The summed E-state index contributed by atoms with van der Waals surface area (Å²) in [6.45, 7) is 4.60. The minimum Gasteiger partial charge on any atom is -0.383 e. The van der Waals surface area contributed by atoms with Gasteiger partial charge in [-0.05, 0) is 50.3 Å². The van der Waals surface area contributed by atoms with Crippen molar-refractivity contribution in [3.05, 3.63) is 29.8 Å². The molecule has 19 heavy (non-hydrogen) atoms. The van der Waals surface area contributed by atoms with E-state index in [1.807, 2.05) is 13.8 Å². The van der Waals surface area contributed by atoms with E-state index in [1.54, 1.807) is 0 Å². The summed E-state index contributed by atoms with van der Waals surface area (Å²) < 4.78 is 0. The minimum absolute atomic E-state index is 0.317. The predicted molar refractivity (Wildman–Crippen MR) is 80.2 cm³/mol. The molecular formula is C17H24N2. The number of nitriles is 1. The van der Waals surface area contributed by atoms with Crippen LogP contribution in [-0.2, 0) is 0 Å². The Morgan fingerprint density at radius 3 is 2.37 bits per heavy atom. The summed E-state index contributed by atoms with van der Waals surface area (Å²) in [6, 6.07) is 11.1. The standard InChI is InChI=1S/C17H24N2/c1-17(2,12-18)13-19-16-10-8-15(9-11-16)14-6-4-3-5-7-14/h8-11,14,19H,3-7,13H2,1-2H3. The third kappa shape index (κ3) is 3.99. The summed E-state index contributed by atoms with van der Waals surface area (Å²) in [7, 11) is 0. The van der Waals surface area contributed by atoms with Crippen LogP contribution in [0.2, 0.25) is 0 Å². The molecule has 102 valence electrons. The van der Waals surface area contributed by atoms with Gasteiger partial charge in [-0.15, -0.1) is 0 Å². The highest BCUT2D eigenvalue weighted by atomic mass is 14.9. The molecular weight excluding hydrogens is 232 g/mol. The fraction of sp³-hybridized carbons (Fsp3) is 0.588. The Kier molecular flexibility index (Phi) is 4.47. The van der Waals surface area contributed by atoms with Crippen molar-refractivity contribution < 1.29 is 0 Å². The second-order valence-corrected chi connectivity index (χ2v) is 6.31. The quantitative estimate of drug-likeness (QED) is 0.847. The van der Waals surface area contributed by atoms with Crippen molar-refractivity contribution in [1.29, 1.82) is 5.26 Å². The van der Waals surface area contributed by atoms with Crippen molar-refractivity contribution in [3.8, 4) is 6.07 Å². The number of hydrogen-bond acceptors (Lipinski definition) is 2. The van der Waals surface area contributed by atoms with Gasteiger partial charge in [-0.2, -0.15) is 5.26 Å². The van der Waals surface area contributed by atoms with Crippen LogP contribution in [0, 0.1) is 16.7 Å². The molecule has 0 aromatic heterocycles. The molecule has 2 heteroatoms. The SMILES string of the molecule is CC(C)(C#N)CNc1ccc(C2CCCCC2)cc1. The van der Waals surface area contributed by atoms with Gasteiger partial charge in [0.25, 0.3) is 0 Å². The molecule has 0 saturated heterocycles. The van der Waals surface area contributed by atoms with Crippen molar-refractivity contribution in [2.45, 2.75) is 51.9 Å². The van der Waals surface area contributed by atoms with Crippen LogP contribution >= 0.6 is 0 Å². The number of benzene rings is 1. The predicted octanol–water partition coefficient (Wildman–Crippen LogP) is 4.70. The van der Waals surface area contributed by atoms with Gasteiger partial charge in [-0.3, -0.25) is 0 Å². The van der Waals surface area contributed by atoms with E-state index in [1.165, 1.54) is 37.7 Å². The van der Waals surface area contributed by atoms with E-state index in [9.17, 15) is 0 Å². The third-order valence-corrected chi connectivity index (χ3v) is 4.02. The van der Waals surface area contributed by atoms with E-state index in [4.69, 9.17) is 5.26 Å². The van der Waals surface area contributed by atoms with E-state index in [2.05, 4.69) is 35.7 Å². The van der Waals surface area contributed by atoms with Crippen molar-refractivity contribution in [2.24, 2.45) is 5.41 Å². The van der Waals surface area contributed by atoms with Crippen molar-refractivity contribution >= 4 is 5.69 Å². The molecule has 0 radical (unpaired) electrons. The van der Waals surface area contributed by atoms with Gasteiger partial charge >= 0.3 is 0 Å². The highest BCUT2D eigenvalue weighted by molar-refractivity contribution is 5.45. The molecule has 0 spiro atoms. The van der Waals surface area contributed by atoms with E-state index < -0.39 is 0 Å². The number of anilines is 1. The topological polar surface area (TPSA) is 35.8 Å². The van der Waals surface area contributed by atoms with E-state index >= 15 is 0 Å². The summed E-state index contributed by atoms with van der Waals surface area (Å²) in [5.74, 6) is 0.762. The molecule has 0 bridgehead atoms. The van der Waals surface area contributed by atoms with Crippen LogP contribution in [0.1, 0.15) is 57.4 Å². The molecule has 1 aromatic rings. The second kappa shape index (κ2) is 6.10. The largest absolute Gasteiger partial charge is 0.383 e. The minimum atomic E-state index is -0.317. The lowest BCUT2D eigenvalue weighted by Crippen LogP contribution is -2.20. The zero-order valence-corrected chi connectivity index (χ0v) is 12.1. The lowest BCUT2D eigenvalue weighted by molar-refractivity contribution is 0.443. The van der Waals surface area contributed by atoms with Gasteiger partial charge in [0.05, 0.1) is 11.5 Å². The lowest BCUT2D eigenvalue weighted by Gasteiger charge is -2.22. The highest BCUT2D eigenvalue weighted by Gasteiger charge is 2.17. The molecule has 0 unspecified atom stereocenters. The maximum atomic E-state index is 9.00. The second-order valence-electron chi connectivity index (χ2n) is 6.31. The Balaban J connectivity index is 1.93. The summed E-state index contributed by atoms with van der Waals surface area (Å²) in [6.07, 6.45) is 6.84. The van der Waals surface area contributed by atoms with Crippen LogP contribution in [0.3, 0.4) is 0 Å². The van der Waals surface area contributed by atoms with Gasteiger partial charge in [0.15, 0.2) is 0 Å². The highest BCUT2D eigenvalue weighted by Crippen LogP contribution is 2.33. The molecule has 1 N–H and O–H groups in total. The number of rotatable bonds is 4. The molecule has 0 atom stereocenters. The Morgan fingerprint density at radius 2 is 1.79 bits per heavy atom. The van der Waals surface area contributed by atoms with Gasteiger partial charge in [0.1, 0.15) is 0 Å². The van der Waals surface area contributed by atoms with Crippen LogP contribution in [-0.4, -0.2) is 6.54 Å². The van der Waals surface area contributed by atoms with Gasteiger partial charge < -0.3 is 5.32 Å². The maximum absolute atomic E-state index is 9.00. The Hall–Kier alpha value is -1.49. The average Bonchev–Trinajstić information content (AvgIpc) is 2.47. The number of hydrogen-bond donors (Lipinski definition) is 1. The van der Waals surface area contributed by atoms with Crippen molar-refractivity contribution in [1.82, 2.24) is 0 Å². The fourth-order valence-electron chi connectivity index (χ4n) is 2.67. The zero-order chi connectivity index (χ0) is 13.7. The number of nitrogens with zero attached hydrogens (tertiary/aromatic N) is 1. The lowest BCUT2D eigenvalue weighted by atomic mass is 9.84. The maximum Gasteiger partial charge on any atom is 0.0702 e. The van der Waals surface area contributed by atoms with Crippen LogP contribution < -0.4 is 5.32 Å². The summed E-state index contributed by atoms with van der Waals surface area (Å²) >= 11 is 0. The molecule has 1 aromatic carbocycles. The normalized spacial score (nSPS) is 16.9. The Morgan fingerprint density at radius 1 is 1.16 bits per heavy atom. The van der Waals surface area contributed by atoms with E-state index in [0.29, 0.717) is 6.54 Å². The van der Waals surface area contributed by atoms with Crippen LogP contribution in [0.15, 0.2) is 24.3 Å². The fourth-order valence-corrected chi connectivity index (χ4v) is 2.67. The molecule has 2 nitrogen and oxygen atoms in total. The first-order chi connectivity index (χ1) is 9.11. The molecule has 2 rings (SSSR count). The smallest absolute Gasteiger partial charge is 0.0702 e. The van der Waals surface area contributed by atoms with Gasteiger partial charge in [0.2, 0.25) is 0 Å². The number of nitrogens with one attached hydrogen (secondary N) is 1. The summed E-state index contributed by atoms with van der Waals surface area (Å²) in [5.41, 5.74) is 2.27. The first kappa shape index (κ1) is 13.9. The van der Waals surface area contributed by atoms with Gasteiger partial charge in [0, 0.05) is 12.2 Å². The first-order valence-electron chi connectivity index (χ1n) is 7.36. The molecule has 0 amide bonds. The van der Waals surface area contributed by atoms with Crippen LogP contribution in [0.4, 0.5) is 5.69 Å². The first-order valence-corrected chi connectivity index (χ1v) is 7.36. The summed E-state index contributed by atoms with van der Waals surface area (Å²) in [5, 5.41) is 12.3. The van der Waals surface area contributed by atoms with Crippen LogP contribution in [0.5, 0.6) is 0 Å². The van der Waals surface area contributed by atoms with Gasteiger partial charge in [-0.1, -0.05) is 31.4 Å². The molecule has 1 fully saturated rings. The van der Waals surface area contributed by atoms with Gasteiger partial charge in [-0.25, -0.2) is 0 Å². The van der Waals surface area contributed by atoms with Crippen LogP contribution in [0.25, 0.3) is 0 Å². The summed E-state index contributed by atoms with van der Waals surface area (Å²) in [4.78, 5) is 0. The van der Waals surface area contributed by atoms with E-state index in [-0.39, 0.29) is 5.41 Å². The zero-order valence-electron chi connectivity index (χ0n) is 12.1. The van der Waals surface area contributed by atoms with E-state index in [0.717, 1.165) is 11.6 Å². The third-order valence-electron chi connectivity index (χ3n) is 4.02. The molecule has 1 saturated carbocycles. The molecule has 0 heterocycles.